The number of nitrogens with zero attached hydrogens (tertiary/aromatic N) is 2. The van der Waals surface area contributed by atoms with Gasteiger partial charge < -0.3 is 21.4 Å². The van der Waals surface area contributed by atoms with Crippen LogP contribution >= 0.6 is 9.24 Å². The van der Waals surface area contributed by atoms with Crippen molar-refractivity contribution in [1.29, 1.82) is 0 Å². The zero-order chi connectivity index (χ0) is 24.9. The third-order valence-electron chi connectivity index (χ3n) is 5.00. The Bertz CT molecular complexity index is 1100. The minimum Gasteiger partial charge on any atom is -0.398 e. The number of amides is 1. The summed E-state index contributed by atoms with van der Waals surface area (Å²) >= 11 is 0. The Hall–Kier alpha value is -3.51. The predicted octanol–water partition coefficient (Wildman–Crippen LogP) is 4.32. The van der Waals surface area contributed by atoms with Gasteiger partial charge in [-0.05, 0) is 43.4 Å². The Morgan fingerprint density at radius 3 is 2.74 bits per heavy atom. The van der Waals surface area contributed by atoms with Crippen LogP contribution in [0.4, 0.5) is 11.4 Å². The van der Waals surface area contributed by atoms with Gasteiger partial charge >= 0.3 is 0 Å². The van der Waals surface area contributed by atoms with Crippen molar-refractivity contribution < 1.29 is 14.1 Å². The van der Waals surface area contributed by atoms with E-state index in [2.05, 4.69) is 37.0 Å². The first-order chi connectivity index (χ1) is 16.5. The highest BCUT2D eigenvalue weighted by Crippen LogP contribution is 2.29. The van der Waals surface area contributed by atoms with E-state index < -0.39 is 0 Å². The molecule has 2 atom stereocenters. The van der Waals surface area contributed by atoms with Gasteiger partial charge in [0.1, 0.15) is 5.44 Å². The Kier molecular flexibility index (Phi) is 10.9. The number of benzene rings is 1. The lowest BCUT2D eigenvalue weighted by Gasteiger charge is -2.14. The fraction of sp³-hybridized carbons (Fsp3) is 0.280. The maximum Gasteiger partial charge on any atom is 0.224 e. The molecule has 0 fully saturated rings. The second kappa shape index (κ2) is 13.9. The van der Waals surface area contributed by atoms with Crippen LogP contribution in [0.5, 0.6) is 0 Å². The molecule has 1 aliphatic rings. The van der Waals surface area contributed by atoms with E-state index in [1.807, 2.05) is 26.0 Å². The molecule has 0 bridgehead atoms. The minimum atomic E-state index is -0.127. The molecule has 0 spiro atoms. The zero-order valence-electron chi connectivity index (χ0n) is 19.5. The van der Waals surface area contributed by atoms with Gasteiger partial charge in [0.05, 0.1) is 6.21 Å². The number of nitrogen functional groups attached to an aromatic ring is 1. The second-order valence-electron chi connectivity index (χ2n) is 7.43. The van der Waals surface area contributed by atoms with Gasteiger partial charge in [0, 0.05) is 40.6 Å². The molecule has 0 saturated heterocycles. The summed E-state index contributed by atoms with van der Waals surface area (Å²) in [6.45, 7) is 4.00. The van der Waals surface area contributed by atoms with Crippen LogP contribution < -0.4 is 22.3 Å². The molecule has 1 aromatic carbocycles. The summed E-state index contributed by atoms with van der Waals surface area (Å²) in [7, 11) is 2.43. The number of allylic oxidation sites excluding steroid dienone is 5. The van der Waals surface area contributed by atoms with Gasteiger partial charge in [0.15, 0.2) is 12.0 Å². The van der Waals surface area contributed by atoms with Crippen LogP contribution in [0, 0.1) is 5.92 Å². The number of rotatable bonds is 9. The van der Waals surface area contributed by atoms with Gasteiger partial charge in [0.25, 0.3) is 0 Å². The summed E-state index contributed by atoms with van der Waals surface area (Å²) in [4.78, 5) is 24.2. The summed E-state index contributed by atoms with van der Waals surface area (Å²) in [6.07, 6.45) is 15.2. The number of aromatic nitrogens is 1. The quantitative estimate of drug-likeness (QED) is 0.122. The molecule has 2 unspecified atom stereocenters. The van der Waals surface area contributed by atoms with Crippen molar-refractivity contribution in [1.82, 2.24) is 5.16 Å². The van der Waals surface area contributed by atoms with E-state index >= 15 is 0 Å². The summed E-state index contributed by atoms with van der Waals surface area (Å²) in [5, 5.41) is 10.2. The lowest BCUT2D eigenvalue weighted by molar-refractivity contribution is -0.116. The normalized spacial score (nSPS) is 15.1. The number of hydrazone groups is 1. The van der Waals surface area contributed by atoms with Crippen LogP contribution in [0.25, 0.3) is 11.6 Å². The average Bonchev–Trinajstić information content (AvgIpc) is 3.25. The lowest BCUT2D eigenvalue weighted by Crippen LogP contribution is -2.13. The van der Waals surface area contributed by atoms with Crippen LogP contribution in [0.2, 0.25) is 0 Å². The zero-order valence-corrected chi connectivity index (χ0v) is 20.7. The SMILES string of the molecule is CC.N/N=C\C(=C/c1cc(P)no1)c1c(N)cc(NC(=O)CCCC2C=CC=CC2)cc1C=O. The number of nitrogens with one attached hydrogen (secondary N) is 1. The van der Waals surface area contributed by atoms with Gasteiger partial charge in [-0.25, -0.2) is 0 Å². The third-order valence-corrected chi connectivity index (χ3v) is 5.28. The van der Waals surface area contributed by atoms with E-state index in [1.54, 1.807) is 24.3 Å². The Labute approximate surface area is 202 Å². The van der Waals surface area contributed by atoms with Gasteiger partial charge in [0.2, 0.25) is 5.91 Å². The van der Waals surface area contributed by atoms with E-state index in [0.717, 1.165) is 19.3 Å². The predicted molar refractivity (Wildman–Crippen MR) is 143 cm³/mol. The van der Waals surface area contributed by atoms with Crippen molar-refractivity contribution in [2.45, 2.75) is 39.5 Å². The monoisotopic (exact) mass is 481 g/mol. The van der Waals surface area contributed by atoms with Gasteiger partial charge in [-0.3, -0.25) is 9.59 Å². The number of hydrogen-bond acceptors (Lipinski definition) is 7. The number of carbonyl (C=O) groups excluding carboxylic acids is 2. The van der Waals surface area contributed by atoms with Crippen LogP contribution in [0.1, 0.15) is 61.2 Å². The van der Waals surface area contributed by atoms with Gasteiger partial charge in [-0.2, -0.15) is 5.10 Å². The molecule has 0 radical (unpaired) electrons. The first-order valence-electron chi connectivity index (χ1n) is 11.2. The van der Waals surface area contributed by atoms with Crippen molar-refractivity contribution in [3.05, 3.63) is 59.4 Å². The molecule has 180 valence electrons. The molecule has 0 aliphatic heterocycles. The van der Waals surface area contributed by atoms with Crippen molar-refractivity contribution >= 4 is 56.1 Å². The van der Waals surface area contributed by atoms with Crippen LogP contribution in [0.15, 0.2) is 52.1 Å². The van der Waals surface area contributed by atoms with E-state index in [0.29, 0.717) is 52.3 Å². The van der Waals surface area contributed by atoms with Crippen molar-refractivity contribution in [3.8, 4) is 0 Å². The molecule has 2 aromatic rings. The maximum absolute atomic E-state index is 12.4. The Morgan fingerprint density at radius 2 is 2.12 bits per heavy atom. The smallest absolute Gasteiger partial charge is 0.224 e. The van der Waals surface area contributed by atoms with Gasteiger partial charge in [-0.1, -0.05) is 52.5 Å². The first kappa shape index (κ1) is 26.7. The van der Waals surface area contributed by atoms with Gasteiger partial charge in [-0.15, -0.1) is 0 Å². The lowest BCUT2D eigenvalue weighted by atomic mass is 9.95. The highest BCUT2D eigenvalue weighted by Gasteiger charge is 2.15. The fourth-order valence-electron chi connectivity index (χ4n) is 3.56. The number of anilines is 2. The Balaban J connectivity index is 0.00000199. The van der Waals surface area contributed by atoms with E-state index in [9.17, 15) is 9.59 Å². The maximum atomic E-state index is 12.4. The summed E-state index contributed by atoms with van der Waals surface area (Å²) in [6, 6.07) is 4.87. The summed E-state index contributed by atoms with van der Waals surface area (Å²) in [5.41, 5.74) is 8.81. The van der Waals surface area contributed by atoms with E-state index in [4.69, 9.17) is 16.1 Å². The van der Waals surface area contributed by atoms with Crippen molar-refractivity contribution in [2.24, 2.45) is 16.9 Å². The molecule has 0 saturated carbocycles. The third kappa shape index (κ3) is 7.81. The second-order valence-corrected chi connectivity index (χ2v) is 8.02. The summed E-state index contributed by atoms with van der Waals surface area (Å²) in [5.74, 6) is 6.14. The standard InChI is InChI=1S/C23H26N5O3P.C2H6/c24-20-11-18(27-21(30)8-4-7-15-5-2-1-3-6-15)9-17(14-29)23(20)16(13-26-25)10-19-12-22(32)28-31-19;1-2/h1-3,5,9-15H,4,6-8,24-25,32H2,(H,27,30);1-2H3/b16-10+,26-13-;. The van der Waals surface area contributed by atoms with E-state index in [1.165, 1.54) is 6.21 Å². The van der Waals surface area contributed by atoms with Crippen LogP contribution in [-0.2, 0) is 4.79 Å². The van der Waals surface area contributed by atoms with Crippen molar-refractivity contribution in [2.75, 3.05) is 11.1 Å². The first-order valence-corrected chi connectivity index (χ1v) is 11.8. The number of aldehydes is 1. The molecule has 1 aliphatic carbocycles. The number of hydrogen-bond donors (Lipinski definition) is 3. The van der Waals surface area contributed by atoms with Crippen molar-refractivity contribution in [3.63, 3.8) is 0 Å². The molecule has 8 nitrogen and oxygen atoms in total. The van der Waals surface area contributed by atoms with Crippen LogP contribution in [-0.4, -0.2) is 23.6 Å². The van der Waals surface area contributed by atoms with Crippen LogP contribution in [0.3, 0.4) is 0 Å². The minimum absolute atomic E-state index is 0.127. The Morgan fingerprint density at radius 1 is 1.32 bits per heavy atom. The molecule has 1 heterocycles. The molecular formula is C25H32N5O3P. The number of nitrogens with two attached hydrogens (primary N) is 2. The largest absolute Gasteiger partial charge is 0.398 e. The molecule has 9 heteroatoms. The molecule has 1 amide bonds. The molecule has 3 rings (SSSR count). The fourth-order valence-corrected chi connectivity index (χ4v) is 3.78. The molecular weight excluding hydrogens is 449 g/mol. The molecule has 1 aromatic heterocycles. The average molecular weight is 482 g/mol. The number of carbonyl (C=O) groups is 2. The molecule has 5 N–H and O–H groups in total. The topological polar surface area (TPSA) is 137 Å². The van der Waals surface area contributed by atoms with E-state index in [-0.39, 0.29) is 11.5 Å². The summed E-state index contributed by atoms with van der Waals surface area (Å²) < 4.78 is 5.19. The highest BCUT2D eigenvalue weighted by molar-refractivity contribution is 7.26. The molecule has 34 heavy (non-hydrogen) atoms. The highest BCUT2D eigenvalue weighted by atomic mass is 31.0.